The van der Waals surface area contributed by atoms with Crippen molar-refractivity contribution in [2.45, 2.75) is 43.9 Å². The predicted molar refractivity (Wildman–Crippen MR) is 96.5 cm³/mol. The summed E-state index contributed by atoms with van der Waals surface area (Å²) in [5, 5.41) is 2.67. The Kier molecular flexibility index (Phi) is 7.21. The Labute approximate surface area is 148 Å². The molecule has 1 fully saturated rings. The maximum atomic E-state index is 12.3. The van der Waals surface area contributed by atoms with Crippen LogP contribution in [0.15, 0.2) is 16.3 Å². The van der Waals surface area contributed by atoms with Crippen molar-refractivity contribution >= 4 is 27.3 Å². The lowest BCUT2D eigenvalue weighted by Gasteiger charge is -2.30. The van der Waals surface area contributed by atoms with Gasteiger partial charge in [0.25, 0.3) is 0 Å². The van der Waals surface area contributed by atoms with E-state index in [0.29, 0.717) is 17.3 Å². The first kappa shape index (κ1) is 19.4. The zero-order chi connectivity index (χ0) is 17.6. The largest absolute Gasteiger partial charge is 0.351 e. The zero-order valence-corrected chi connectivity index (χ0v) is 16.0. The molecule has 0 unspecified atom stereocenters. The lowest BCUT2D eigenvalue weighted by molar-refractivity contribution is -0.119. The summed E-state index contributed by atoms with van der Waals surface area (Å²) >= 11 is 1.19. The molecule has 136 valence electrons. The maximum Gasteiger partial charge on any atom is 0.250 e. The van der Waals surface area contributed by atoms with E-state index in [-0.39, 0.29) is 5.91 Å². The first-order chi connectivity index (χ1) is 11.4. The van der Waals surface area contributed by atoms with Gasteiger partial charge in [-0.15, -0.1) is 11.3 Å². The number of piperidine rings is 1. The molecule has 1 saturated heterocycles. The third-order valence-corrected chi connectivity index (χ3v) is 7.27. The van der Waals surface area contributed by atoms with Crippen LogP contribution in [0, 0.1) is 5.92 Å². The minimum atomic E-state index is -3.45. The molecule has 2 heterocycles. The number of amides is 1. The number of sulfonamides is 1. The summed E-state index contributed by atoms with van der Waals surface area (Å²) < 4.78 is 27.5. The van der Waals surface area contributed by atoms with Gasteiger partial charge in [0.05, 0.1) is 6.54 Å². The van der Waals surface area contributed by atoms with Crippen LogP contribution >= 0.6 is 11.3 Å². The molecule has 1 aliphatic heterocycles. The van der Waals surface area contributed by atoms with Crippen molar-refractivity contribution in [1.82, 2.24) is 14.9 Å². The maximum absolute atomic E-state index is 12.3. The standard InChI is InChI=1S/C16H27N3O3S2/c1-13-6-10-19(11-7-13)9-3-8-18-24(21,22)16-5-4-15(23-16)12-17-14(2)20/h4-5,13,18H,3,6-12H2,1-2H3,(H,17,20). The molecule has 1 aromatic heterocycles. The van der Waals surface area contributed by atoms with Gasteiger partial charge in [-0.25, -0.2) is 13.1 Å². The van der Waals surface area contributed by atoms with E-state index in [1.807, 2.05) is 0 Å². The number of nitrogens with one attached hydrogen (secondary N) is 2. The van der Waals surface area contributed by atoms with Crippen LogP contribution < -0.4 is 10.0 Å². The summed E-state index contributed by atoms with van der Waals surface area (Å²) in [6.07, 6.45) is 3.29. The molecular formula is C16H27N3O3S2. The Balaban J connectivity index is 1.74. The summed E-state index contributed by atoms with van der Waals surface area (Å²) in [6, 6.07) is 3.33. The van der Waals surface area contributed by atoms with Crippen molar-refractivity contribution in [1.29, 1.82) is 0 Å². The Hall–Kier alpha value is -0.960. The summed E-state index contributed by atoms with van der Waals surface area (Å²) in [7, 11) is -3.45. The zero-order valence-electron chi connectivity index (χ0n) is 14.4. The second kappa shape index (κ2) is 8.94. The lowest BCUT2D eigenvalue weighted by Crippen LogP contribution is -2.35. The Bertz CT molecular complexity index is 635. The van der Waals surface area contributed by atoms with Crippen LogP contribution in [0.25, 0.3) is 0 Å². The Morgan fingerprint density at radius 2 is 2.04 bits per heavy atom. The van der Waals surface area contributed by atoms with Gasteiger partial charge in [0, 0.05) is 18.3 Å². The highest BCUT2D eigenvalue weighted by Gasteiger charge is 2.18. The van der Waals surface area contributed by atoms with E-state index >= 15 is 0 Å². The van der Waals surface area contributed by atoms with Crippen LogP contribution in [0.4, 0.5) is 0 Å². The quantitative estimate of drug-likeness (QED) is 0.681. The van der Waals surface area contributed by atoms with Crippen LogP contribution in [-0.2, 0) is 21.4 Å². The first-order valence-electron chi connectivity index (χ1n) is 8.42. The van der Waals surface area contributed by atoms with Crippen molar-refractivity contribution in [3.05, 3.63) is 17.0 Å². The molecule has 6 nitrogen and oxygen atoms in total. The number of thiophene rings is 1. The highest BCUT2D eigenvalue weighted by Crippen LogP contribution is 2.21. The molecule has 0 radical (unpaired) electrons. The third-order valence-electron chi connectivity index (χ3n) is 4.23. The molecule has 0 saturated carbocycles. The minimum Gasteiger partial charge on any atom is -0.351 e. The number of nitrogens with zero attached hydrogens (tertiary/aromatic N) is 1. The van der Waals surface area contributed by atoms with Gasteiger partial charge >= 0.3 is 0 Å². The second-order valence-corrected chi connectivity index (χ2v) is 9.57. The van der Waals surface area contributed by atoms with Gasteiger partial charge in [-0.2, -0.15) is 0 Å². The van der Waals surface area contributed by atoms with Crippen LogP contribution in [0.3, 0.4) is 0 Å². The van der Waals surface area contributed by atoms with Gasteiger partial charge in [-0.1, -0.05) is 6.92 Å². The number of rotatable bonds is 8. The molecule has 1 aliphatic rings. The fraction of sp³-hybridized carbons (Fsp3) is 0.688. The predicted octanol–water partition coefficient (Wildman–Crippen LogP) is 1.78. The monoisotopic (exact) mass is 373 g/mol. The molecule has 0 atom stereocenters. The van der Waals surface area contributed by atoms with E-state index in [1.165, 1.54) is 31.1 Å². The van der Waals surface area contributed by atoms with E-state index < -0.39 is 10.0 Å². The van der Waals surface area contributed by atoms with Gasteiger partial charge in [-0.3, -0.25) is 4.79 Å². The molecular weight excluding hydrogens is 346 g/mol. The Morgan fingerprint density at radius 1 is 1.33 bits per heavy atom. The number of carbonyl (C=O) groups is 1. The molecule has 2 N–H and O–H groups in total. The van der Waals surface area contributed by atoms with Crippen LogP contribution in [0.5, 0.6) is 0 Å². The molecule has 0 aromatic carbocycles. The second-order valence-electron chi connectivity index (χ2n) is 6.41. The molecule has 0 aliphatic carbocycles. The van der Waals surface area contributed by atoms with Crippen molar-refractivity contribution in [3.8, 4) is 0 Å². The van der Waals surface area contributed by atoms with E-state index in [4.69, 9.17) is 0 Å². The van der Waals surface area contributed by atoms with Crippen LogP contribution in [0.1, 0.15) is 38.0 Å². The molecule has 0 bridgehead atoms. The van der Waals surface area contributed by atoms with Crippen LogP contribution in [0.2, 0.25) is 0 Å². The van der Waals surface area contributed by atoms with E-state index in [1.54, 1.807) is 12.1 Å². The van der Waals surface area contributed by atoms with Crippen molar-refractivity contribution in [2.75, 3.05) is 26.2 Å². The smallest absolute Gasteiger partial charge is 0.250 e. The number of hydrogen-bond acceptors (Lipinski definition) is 5. The molecule has 2 rings (SSSR count). The van der Waals surface area contributed by atoms with Gasteiger partial charge in [-0.05, 0) is 56.9 Å². The average Bonchev–Trinajstić information content (AvgIpc) is 3.01. The van der Waals surface area contributed by atoms with E-state index in [0.717, 1.165) is 36.9 Å². The minimum absolute atomic E-state index is 0.127. The van der Waals surface area contributed by atoms with E-state index in [2.05, 4.69) is 21.9 Å². The lowest BCUT2D eigenvalue weighted by atomic mass is 9.99. The number of carbonyl (C=O) groups excluding carboxylic acids is 1. The topological polar surface area (TPSA) is 78.5 Å². The Morgan fingerprint density at radius 3 is 2.71 bits per heavy atom. The summed E-state index contributed by atoms with van der Waals surface area (Å²) in [6.45, 7) is 7.71. The normalized spacial score (nSPS) is 17.1. The van der Waals surface area contributed by atoms with Crippen molar-refractivity contribution in [3.63, 3.8) is 0 Å². The van der Waals surface area contributed by atoms with Gasteiger partial charge in [0.1, 0.15) is 4.21 Å². The fourth-order valence-electron chi connectivity index (χ4n) is 2.68. The molecule has 0 spiro atoms. The van der Waals surface area contributed by atoms with Crippen molar-refractivity contribution < 1.29 is 13.2 Å². The van der Waals surface area contributed by atoms with Crippen LogP contribution in [-0.4, -0.2) is 45.4 Å². The van der Waals surface area contributed by atoms with E-state index in [9.17, 15) is 13.2 Å². The fourth-order valence-corrected chi connectivity index (χ4v) is 5.09. The first-order valence-corrected chi connectivity index (χ1v) is 10.7. The van der Waals surface area contributed by atoms with Gasteiger partial charge in [0.2, 0.25) is 15.9 Å². The summed E-state index contributed by atoms with van der Waals surface area (Å²) in [4.78, 5) is 14.1. The third kappa shape index (κ3) is 6.16. The highest BCUT2D eigenvalue weighted by atomic mass is 32.2. The van der Waals surface area contributed by atoms with Gasteiger partial charge < -0.3 is 10.2 Å². The molecule has 8 heteroatoms. The number of likely N-dealkylation sites (tertiary alicyclic amines) is 1. The van der Waals surface area contributed by atoms with Crippen molar-refractivity contribution in [2.24, 2.45) is 5.92 Å². The number of hydrogen-bond donors (Lipinski definition) is 2. The SMILES string of the molecule is CC(=O)NCc1ccc(S(=O)(=O)NCCCN2CCC(C)CC2)s1. The average molecular weight is 374 g/mol. The molecule has 1 amide bonds. The molecule has 24 heavy (non-hydrogen) atoms. The summed E-state index contributed by atoms with van der Waals surface area (Å²) in [5.74, 6) is 0.684. The summed E-state index contributed by atoms with van der Waals surface area (Å²) in [5.41, 5.74) is 0. The van der Waals surface area contributed by atoms with Gasteiger partial charge in [0.15, 0.2) is 0 Å². The highest BCUT2D eigenvalue weighted by molar-refractivity contribution is 7.91. The molecule has 1 aromatic rings.